The van der Waals surface area contributed by atoms with E-state index in [4.69, 9.17) is 15.6 Å². The molecule has 41 heavy (non-hydrogen) atoms. The number of carboxylic acids is 1. The molecule has 1 atom stereocenters. The van der Waals surface area contributed by atoms with E-state index in [1.807, 2.05) is 0 Å². The first-order valence-corrected chi connectivity index (χ1v) is 11.8. The maximum Gasteiger partial charge on any atom is 0.490 e. The van der Waals surface area contributed by atoms with Crippen LogP contribution in [0.4, 0.5) is 39.5 Å². The third-order valence-corrected chi connectivity index (χ3v) is 5.61. The summed E-state index contributed by atoms with van der Waals surface area (Å²) in [6.07, 6.45) is -9.89. The second kappa shape index (κ2) is 13.2. The largest absolute Gasteiger partial charge is 0.490 e. The highest BCUT2D eigenvalue weighted by atomic mass is 19.4. The van der Waals surface area contributed by atoms with Gasteiger partial charge in [0.2, 0.25) is 11.7 Å². The number of aliphatic carboxylic acids is 1. The molecular weight excluding hydrogens is 581 g/mol. The lowest BCUT2D eigenvalue weighted by Gasteiger charge is -2.30. The number of nitrogens with zero attached hydrogens (tertiary/aromatic N) is 3. The number of benzene rings is 1. The fraction of sp³-hybridized carbons (Fsp3) is 0.478. The number of nitrogens with one attached hydrogen (secondary N) is 1. The molecule has 2 aromatic rings. The van der Waals surface area contributed by atoms with Gasteiger partial charge in [-0.15, -0.1) is 0 Å². The van der Waals surface area contributed by atoms with Gasteiger partial charge in [0.25, 0.3) is 5.91 Å². The molecule has 18 heteroatoms. The molecule has 1 aromatic carbocycles. The van der Waals surface area contributed by atoms with Gasteiger partial charge in [-0.2, -0.15) is 26.3 Å². The smallest absolute Gasteiger partial charge is 0.475 e. The minimum absolute atomic E-state index is 0.0549. The second-order valence-corrected chi connectivity index (χ2v) is 8.78. The number of alkyl halides is 6. The summed E-state index contributed by atoms with van der Waals surface area (Å²) in [5.74, 6) is -8.92. The predicted octanol–water partition coefficient (Wildman–Crippen LogP) is 3.39. The number of carbonyl (C=O) groups is 3. The lowest BCUT2D eigenvalue weighted by Crippen LogP contribution is -2.42. The van der Waals surface area contributed by atoms with Crippen LogP contribution in [0.15, 0.2) is 12.1 Å². The van der Waals surface area contributed by atoms with E-state index >= 15 is 0 Å². The fourth-order valence-electron chi connectivity index (χ4n) is 3.73. The Kier molecular flexibility index (Phi) is 10.8. The molecule has 0 radical (unpaired) electrons. The van der Waals surface area contributed by atoms with Crippen molar-refractivity contribution in [3.05, 3.63) is 52.4 Å². The van der Waals surface area contributed by atoms with Gasteiger partial charge in [-0.1, -0.05) is 6.92 Å². The Labute approximate surface area is 226 Å². The molecule has 0 spiro atoms. The summed E-state index contributed by atoms with van der Waals surface area (Å²) in [7, 11) is 0. The Morgan fingerprint density at radius 3 is 2.17 bits per heavy atom. The molecule has 3 rings (SSSR count). The van der Waals surface area contributed by atoms with Gasteiger partial charge in [-0.25, -0.2) is 22.9 Å². The standard InChI is InChI=1S/C21H23F6N5O2.C2HF3O2/c1-2-3-29-19(34)18-16-10-31(4-5-32(16)20(30-18)21(25,26)27)17(33)8-12(28)6-11-7-14(23)15(24)9-13(11)22;3-2(4,5)1(6)7/h7,9,12H,2-6,8,10,28H2,1H3,(H,29,34);(H,6,7)/t12-;/m1./s1. The van der Waals surface area contributed by atoms with Crippen LogP contribution in [0.25, 0.3) is 0 Å². The van der Waals surface area contributed by atoms with Gasteiger partial charge >= 0.3 is 18.3 Å². The zero-order valence-corrected chi connectivity index (χ0v) is 21.2. The van der Waals surface area contributed by atoms with Crippen molar-refractivity contribution >= 4 is 17.8 Å². The van der Waals surface area contributed by atoms with Crippen molar-refractivity contribution in [1.82, 2.24) is 19.8 Å². The SMILES string of the molecule is CCCNC(=O)c1nc(C(F)(F)F)n2c1CN(C(=O)C[C@H](N)Cc1cc(F)c(F)cc1F)CC2.O=C(O)C(F)(F)F. The molecule has 0 unspecified atom stereocenters. The van der Waals surface area contributed by atoms with Gasteiger partial charge in [0.15, 0.2) is 17.3 Å². The second-order valence-electron chi connectivity index (χ2n) is 8.78. The highest BCUT2D eigenvalue weighted by Crippen LogP contribution is 2.32. The molecule has 0 saturated heterocycles. The third kappa shape index (κ3) is 8.83. The zero-order chi connectivity index (χ0) is 31.3. The first kappa shape index (κ1) is 33.4. The van der Waals surface area contributed by atoms with Gasteiger partial charge in [-0.05, 0) is 24.5 Å². The van der Waals surface area contributed by atoms with Gasteiger partial charge in [-0.3, -0.25) is 9.59 Å². The van der Waals surface area contributed by atoms with Crippen LogP contribution in [-0.4, -0.2) is 62.6 Å². The summed E-state index contributed by atoms with van der Waals surface area (Å²) in [6.45, 7) is 1.39. The molecule has 4 N–H and O–H groups in total. The topological polar surface area (TPSA) is 131 Å². The molecule has 0 bridgehead atoms. The minimum atomic E-state index is -5.08. The Morgan fingerprint density at radius 1 is 1.05 bits per heavy atom. The number of imidazole rings is 1. The van der Waals surface area contributed by atoms with Crippen LogP contribution in [-0.2, 0) is 35.3 Å². The van der Waals surface area contributed by atoms with Gasteiger partial charge in [0.1, 0.15) is 5.82 Å². The minimum Gasteiger partial charge on any atom is -0.475 e. The molecular formula is C23H24F9N5O4. The monoisotopic (exact) mass is 605 g/mol. The van der Waals surface area contributed by atoms with Crippen molar-refractivity contribution in [3.8, 4) is 0 Å². The average Bonchev–Trinajstić information content (AvgIpc) is 3.25. The van der Waals surface area contributed by atoms with E-state index < -0.39 is 65.1 Å². The van der Waals surface area contributed by atoms with Crippen LogP contribution in [0, 0.1) is 17.5 Å². The van der Waals surface area contributed by atoms with Crippen molar-refractivity contribution < 1.29 is 59.0 Å². The average molecular weight is 605 g/mol. The summed E-state index contributed by atoms with van der Waals surface area (Å²) in [4.78, 5) is 38.8. The molecule has 2 heterocycles. The third-order valence-electron chi connectivity index (χ3n) is 5.61. The highest BCUT2D eigenvalue weighted by molar-refractivity contribution is 5.93. The quantitative estimate of drug-likeness (QED) is 0.328. The molecule has 0 aliphatic carbocycles. The number of carbonyl (C=O) groups excluding carboxylic acids is 2. The number of carboxylic acid groups (broad SMARTS) is 1. The van der Waals surface area contributed by atoms with Crippen molar-refractivity contribution in [2.45, 2.75) is 57.7 Å². The van der Waals surface area contributed by atoms with E-state index in [9.17, 15) is 49.1 Å². The fourth-order valence-corrected chi connectivity index (χ4v) is 3.73. The first-order valence-electron chi connectivity index (χ1n) is 11.8. The van der Waals surface area contributed by atoms with Crippen LogP contribution in [0.5, 0.6) is 0 Å². The van der Waals surface area contributed by atoms with E-state index in [1.54, 1.807) is 6.92 Å². The lowest BCUT2D eigenvalue weighted by atomic mass is 10.0. The Bertz CT molecular complexity index is 1280. The van der Waals surface area contributed by atoms with E-state index in [0.717, 1.165) is 4.57 Å². The van der Waals surface area contributed by atoms with Crippen molar-refractivity contribution in [2.75, 3.05) is 13.1 Å². The van der Waals surface area contributed by atoms with Crippen molar-refractivity contribution in [2.24, 2.45) is 5.73 Å². The number of hydrogen-bond acceptors (Lipinski definition) is 5. The van der Waals surface area contributed by atoms with E-state index in [-0.39, 0.29) is 50.3 Å². The van der Waals surface area contributed by atoms with Gasteiger partial charge in [0.05, 0.1) is 12.2 Å². The number of aromatic nitrogens is 2. The lowest BCUT2D eigenvalue weighted by molar-refractivity contribution is -0.192. The highest BCUT2D eigenvalue weighted by Gasteiger charge is 2.42. The number of halogens is 9. The molecule has 9 nitrogen and oxygen atoms in total. The molecule has 1 aliphatic rings. The number of amides is 2. The van der Waals surface area contributed by atoms with Crippen LogP contribution in [0.2, 0.25) is 0 Å². The zero-order valence-electron chi connectivity index (χ0n) is 21.2. The van der Waals surface area contributed by atoms with Crippen LogP contribution >= 0.6 is 0 Å². The van der Waals surface area contributed by atoms with Gasteiger partial charge in [0, 0.05) is 38.2 Å². The van der Waals surface area contributed by atoms with Crippen LogP contribution in [0.1, 0.15) is 47.3 Å². The normalized spacial score (nSPS) is 14.1. The van der Waals surface area contributed by atoms with Crippen molar-refractivity contribution in [1.29, 1.82) is 0 Å². The molecule has 2 amide bonds. The molecule has 0 fully saturated rings. The number of fused-ring (bicyclic) bond motifs is 1. The summed E-state index contributed by atoms with van der Waals surface area (Å²) in [5, 5.41) is 9.61. The predicted molar refractivity (Wildman–Crippen MR) is 122 cm³/mol. The summed E-state index contributed by atoms with van der Waals surface area (Å²) >= 11 is 0. The Hall–Kier alpha value is -3.83. The summed E-state index contributed by atoms with van der Waals surface area (Å²) in [6, 6.07) is 0.0830. The number of hydrogen-bond donors (Lipinski definition) is 3. The summed E-state index contributed by atoms with van der Waals surface area (Å²) < 4.78 is 113. The molecule has 0 saturated carbocycles. The molecule has 228 valence electrons. The van der Waals surface area contributed by atoms with E-state index in [2.05, 4.69) is 10.3 Å². The first-order chi connectivity index (χ1) is 18.9. The van der Waals surface area contributed by atoms with E-state index in [0.29, 0.717) is 18.6 Å². The maximum absolute atomic E-state index is 13.9. The Balaban J connectivity index is 0.000000745. The van der Waals surface area contributed by atoms with Crippen LogP contribution in [0.3, 0.4) is 0 Å². The van der Waals surface area contributed by atoms with E-state index in [1.165, 1.54) is 4.90 Å². The number of nitrogens with two attached hydrogens (primary N) is 1. The molecule has 1 aliphatic heterocycles. The molecule has 1 aromatic heterocycles. The Morgan fingerprint density at radius 2 is 1.63 bits per heavy atom. The van der Waals surface area contributed by atoms with Gasteiger partial charge < -0.3 is 25.6 Å². The number of rotatable bonds is 7. The maximum atomic E-state index is 13.9. The van der Waals surface area contributed by atoms with Crippen molar-refractivity contribution in [3.63, 3.8) is 0 Å². The summed E-state index contributed by atoms with van der Waals surface area (Å²) in [5.41, 5.74) is 5.23. The van der Waals surface area contributed by atoms with Crippen LogP contribution < -0.4 is 11.1 Å².